The minimum atomic E-state index is -4.59. The maximum atomic E-state index is 11.9. The molecule has 6 nitrogen and oxygen atoms in total. The van der Waals surface area contributed by atoms with Gasteiger partial charge in [0.2, 0.25) is 0 Å². The Labute approximate surface area is 97.1 Å². The number of ether oxygens (including phenoxy) is 1. The molecule has 0 bridgehead atoms. The number of morpholine rings is 1. The highest BCUT2D eigenvalue weighted by Gasteiger charge is 2.35. The molecule has 10 heteroatoms. The van der Waals surface area contributed by atoms with Gasteiger partial charge in [0, 0.05) is 13.1 Å². The van der Waals surface area contributed by atoms with Gasteiger partial charge in [0.05, 0.1) is 19.3 Å². The lowest BCUT2D eigenvalue weighted by Gasteiger charge is -2.33. The van der Waals surface area contributed by atoms with E-state index in [4.69, 9.17) is 10.5 Å². The first-order valence-electron chi connectivity index (χ1n) is 4.87. The van der Waals surface area contributed by atoms with E-state index in [1.807, 2.05) is 0 Å². The fraction of sp³-hybridized carbons (Fsp3) is 1.00. The Hall–Kier alpha value is -0.420. The van der Waals surface area contributed by atoms with Crippen molar-refractivity contribution in [3.8, 4) is 0 Å². The van der Waals surface area contributed by atoms with Crippen LogP contribution in [-0.4, -0.2) is 57.8 Å². The number of hydrogen-bond donors (Lipinski definition) is 2. The van der Waals surface area contributed by atoms with Crippen LogP contribution in [0.5, 0.6) is 0 Å². The number of alkyl halides is 3. The molecule has 0 aromatic rings. The normalized spacial score (nSPS) is 23.9. The molecule has 1 rings (SSSR count). The quantitative estimate of drug-likeness (QED) is 0.693. The standard InChI is InChI=1S/C7H14F3N3O3S/c8-7(9,10)5-12-17(14,15)13-1-2-16-4-6(13)3-11/h6,12H,1-5,11H2. The van der Waals surface area contributed by atoms with Gasteiger partial charge in [0.15, 0.2) is 0 Å². The molecular weight excluding hydrogens is 263 g/mol. The number of hydrogen-bond acceptors (Lipinski definition) is 4. The second kappa shape index (κ2) is 5.48. The predicted octanol–water partition coefficient (Wildman–Crippen LogP) is -0.957. The SMILES string of the molecule is NCC1COCCN1S(=O)(=O)NCC(F)(F)F. The van der Waals surface area contributed by atoms with E-state index in [1.165, 1.54) is 4.72 Å². The Bertz CT molecular complexity index is 346. The molecule has 1 atom stereocenters. The zero-order valence-electron chi connectivity index (χ0n) is 8.90. The second-order valence-electron chi connectivity index (χ2n) is 3.52. The lowest BCUT2D eigenvalue weighted by Crippen LogP contribution is -2.56. The van der Waals surface area contributed by atoms with E-state index in [0.717, 1.165) is 4.31 Å². The smallest absolute Gasteiger partial charge is 0.378 e. The maximum Gasteiger partial charge on any atom is 0.402 e. The lowest BCUT2D eigenvalue weighted by molar-refractivity contribution is -0.121. The first-order valence-corrected chi connectivity index (χ1v) is 6.31. The number of halogens is 3. The number of nitrogens with one attached hydrogen (secondary N) is 1. The first-order chi connectivity index (χ1) is 7.76. The number of rotatable bonds is 4. The maximum absolute atomic E-state index is 11.9. The number of nitrogens with zero attached hydrogens (tertiary/aromatic N) is 1. The van der Waals surface area contributed by atoms with E-state index in [1.54, 1.807) is 0 Å². The van der Waals surface area contributed by atoms with Gasteiger partial charge in [0.25, 0.3) is 10.2 Å². The van der Waals surface area contributed by atoms with Crippen molar-refractivity contribution in [3.05, 3.63) is 0 Å². The topological polar surface area (TPSA) is 84.7 Å². The molecule has 0 amide bonds. The zero-order valence-corrected chi connectivity index (χ0v) is 9.72. The molecule has 0 radical (unpaired) electrons. The predicted molar refractivity (Wildman–Crippen MR) is 53.3 cm³/mol. The van der Waals surface area contributed by atoms with Gasteiger partial charge < -0.3 is 10.5 Å². The van der Waals surface area contributed by atoms with Gasteiger partial charge in [-0.1, -0.05) is 0 Å². The van der Waals surface area contributed by atoms with Crippen molar-refractivity contribution in [2.75, 3.05) is 32.8 Å². The van der Waals surface area contributed by atoms with Crippen molar-refractivity contribution in [2.45, 2.75) is 12.2 Å². The summed E-state index contributed by atoms with van der Waals surface area (Å²) in [5.74, 6) is 0. The highest BCUT2D eigenvalue weighted by atomic mass is 32.2. The molecule has 0 aromatic heterocycles. The Morgan fingerprint density at radius 2 is 2.12 bits per heavy atom. The highest BCUT2D eigenvalue weighted by molar-refractivity contribution is 7.87. The fourth-order valence-electron chi connectivity index (χ4n) is 1.40. The molecule has 17 heavy (non-hydrogen) atoms. The van der Waals surface area contributed by atoms with Gasteiger partial charge in [0.1, 0.15) is 6.54 Å². The third-order valence-corrected chi connectivity index (χ3v) is 3.82. The third-order valence-electron chi connectivity index (χ3n) is 2.21. The van der Waals surface area contributed by atoms with Crippen LogP contribution < -0.4 is 10.5 Å². The lowest BCUT2D eigenvalue weighted by atomic mass is 10.3. The van der Waals surface area contributed by atoms with E-state index in [2.05, 4.69) is 0 Å². The van der Waals surface area contributed by atoms with Crippen LogP contribution >= 0.6 is 0 Å². The molecule has 102 valence electrons. The minimum Gasteiger partial charge on any atom is -0.378 e. The van der Waals surface area contributed by atoms with Gasteiger partial charge >= 0.3 is 6.18 Å². The van der Waals surface area contributed by atoms with E-state index >= 15 is 0 Å². The van der Waals surface area contributed by atoms with Crippen molar-refractivity contribution >= 4 is 10.2 Å². The molecule has 1 saturated heterocycles. The van der Waals surface area contributed by atoms with E-state index in [9.17, 15) is 21.6 Å². The van der Waals surface area contributed by atoms with E-state index < -0.39 is 29.0 Å². The summed E-state index contributed by atoms with van der Waals surface area (Å²) in [4.78, 5) is 0. The Morgan fingerprint density at radius 3 is 2.65 bits per heavy atom. The van der Waals surface area contributed by atoms with Crippen molar-refractivity contribution in [1.29, 1.82) is 0 Å². The second-order valence-corrected chi connectivity index (χ2v) is 5.22. The Morgan fingerprint density at radius 1 is 1.47 bits per heavy atom. The summed E-state index contributed by atoms with van der Waals surface area (Å²) < 4.78 is 66.4. The third kappa shape index (κ3) is 4.39. The molecule has 0 saturated carbocycles. The van der Waals surface area contributed by atoms with Crippen LogP contribution in [0.2, 0.25) is 0 Å². The molecule has 1 aliphatic rings. The van der Waals surface area contributed by atoms with Crippen molar-refractivity contribution < 1.29 is 26.3 Å². The Balaban J connectivity index is 2.68. The minimum absolute atomic E-state index is 0.00490. The molecule has 0 aromatic carbocycles. The average molecular weight is 277 g/mol. The van der Waals surface area contributed by atoms with Crippen LogP contribution in [0.1, 0.15) is 0 Å². The van der Waals surface area contributed by atoms with Gasteiger partial charge in [-0.25, -0.2) is 0 Å². The van der Waals surface area contributed by atoms with Crippen molar-refractivity contribution in [2.24, 2.45) is 5.73 Å². The summed E-state index contributed by atoms with van der Waals surface area (Å²) in [5, 5.41) is 0. The zero-order chi connectivity index (χ0) is 13.1. The van der Waals surface area contributed by atoms with Gasteiger partial charge in [-0.15, -0.1) is 0 Å². The molecule has 1 aliphatic heterocycles. The molecular formula is C7H14F3N3O3S. The molecule has 1 heterocycles. The van der Waals surface area contributed by atoms with Crippen LogP contribution in [0, 0.1) is 0 Å². The molecule has 0 spiro atoms. The van der Waals surface area contributed by atoms with Gasteiger partial charge in [-0.05, 0) is 0 Å². The summed E-state index contributed by atoms with van der Waals surface area (Å²) in [5.41, 5.74) is 5.34. The summed E-state index contributed by atoms with van der Waals surface area (Å²) in [6.07, 6.45) is -4.59. The summed E-state index contributed by atoms with van der Waals surface area (Å²) in [6.45, 7) is -1.38. The van der Waals surface area contributed by atoms with Gasteiger partial charge in [-0.3, -0.25) is 0 Å². The first kappa shape index (κ1) is 14.6. The summed E-state index contributed by atoms with van der Waals surface area (Å²) in [6, 6.07) is -0.630. The van der Waals surface area contributed by atoms with Crippen LogP contribution in [-0.2, 0) is 14.9 Å². The molecule has 3 N–H and O–H groups in total. The van der Waals surface area contributed by atoms with Crippen molar-refractivity contribution in [3.63, 3.8) is 0 Å². The van der Waals surface area contributed by atoms with E-state index in [0.29, 0.717) is 0 Å². The summed E-state index contributed by atoms with van der Waals surface area (Å²) >= 11 is 0. The van der Waals surface area contributed by atoms with Crippen molar-refractivity contribution in [1.82, 2.24) is 9.03 Å². The monoisotopic (exact) mass is 277 g/mol. The fourth-order valence-corrected chi connectivity index (χ4v) is 2.76. The molecule has 1 fully saturated rings. The molecule has 0 aliphatic carbocycles. The average Bonchev–Trinajstić information content (AvgIpc) is 2.26. The number of nitrogens with two attached hydrogens (primary N) is 1. The van der Waals surface area contributed by atoms with Gasteiger partial charge in [-0.2, -0.15) is 30.6 Å². The van der Waals surface area contributed by atoms with Crippen LogP contribution in [0.3, 0.4) is 0 Å². The highest BCUT2D eigenvalue weighted by Crippen LogP contribution is 2.15. The van der Waals surface area contributed by atoms with E-state index in [-0.39, 0.29) is 26.3 Å². The van der Waals surface area contributed by atoms with Crippen LogP contribution in [0.15, 0.2) is 0 Å². The molecule has 1 unspecified atom stereocenters. The van der Waals surface area contributed by atoms with Crippen LogP contribution in [0.4, 0.5) is 13.2 Å². The summed E-state index contributed by atoms with van der Waals surface area (Å²) in [7, 11) is -4.17. The van der Waals surface area contributed by atoms with Crippen LogP contribution in [0.25, 0.3) is 0 Å². The largest absolute Gasteiger partial charge is 0.402 e. The Kier molecular flexibility index (Phi) is 4.72.